The summed E-state index contributed by atoms with van der Waals surface area (Å²) in [5, 5.41) is 14.0. The molecule has 1 heterocycles. The minimum Gasteiger partial charge on any atom is -0.497 e. The minimum atomic E-state index is -1.07. The van der Waals surface area contributed by atoms with Gasteiger partial charge in [-0.1, -0.05) is 6.07 Å². The lowest BCUT2D eigenvalue weighted by Gasteiger charge is -2.35. The molecule has 0 spiro atoms. The molecule has 1 atom stereocenters. The molecule has 0 radical (unpaired) electrons. The lowest BCUT2D eigenvalue weighted by atomic mass is 9.79. The van der Waals surface area contributed by atoms with Gasteiger partial charge in [0.25, 0.3) is 5.91 Å². The second-order valence-corrected chi connectivity index (χ2v) is 7.09. The molecule has 0 aliphatic heterocycles. The van der Waals surface area contributed by atoms with Gasteiger partial charge in [0.05, 0.1) is 25.4 Å². The van der Waals surface area contributed by atoms with E-state index in [1.807, 2.05) is 18.2 Å². The van der Waals surface area contributed by atoms with Crippen molar-refractivity contribution in [1.82, 2.24) is 14.1 Å². The Morgan fingerprint density at radius 3 is 2.96 bits per heavy atom. The second-order valence-electron chi connectivity index (χ2n) is 6.56. The first-order valence-electron chi connectivity index (χ1n) is 8.49. The maximum atomic E-state index is 12.5. The summed E-state index contributed by atoms with van der Waals surface area (Å²) in [5.74, 6) is 0.552. The summed E-state index contributed by atoms with van der Waals surface area (Å²) >= 11 is 1.12. The van der Waals surface area contributed by atoms with Crippen molar-refractivity contribution in [3.8, 4) is 5.75 Å². The summed E-state index contributed by atoms with van der Waals surface area (Å²) in [7, 11) is 1.63. The summed E-state index contributed by atoms with van der Waals surface area (Å²) in [5.41, 5.74) is 2.87. The van der Waals surface area contributed by atoms with Crippen LogP contribution < -0.4 is 10.1 Å². The van der Waals surface area contributed by atoms with Gasteiger partial charge in [0, 0.05) is 5.56 Å². The van der Waals surface area contributed by atoms with Gasteiger partial charge >= 0.3 is 0 Å². The molecule has 0 saturated carbocycles. The first-order chi connectivity index (χ1) is 12.6. The lowest BCUT2D eigenvalue weighted by Crippen LogP contribution is -2.43. The molecule has 2 aromatic carbocycles. The van der Waals surface area contributed by atoms with Gasteiger partial charge in [0.15, 0.2) is 0 Å². The molecule has 0 saturated heterocycles. The van der Waals surface area contributed by atoms with Crippen LogP contribution in [0.2, 0.25) is 0 Å². The Kier molecular flexibility index (Phi) is 4.34. The Balaban J connectivity index is 1.53. The normalized spacial score (nSPS) is 19.2. The number of benzene rings is 2. The van der Waals surface area contributed by atoms with E-state index >= 15 is 0 Å². The number of aromatic nitrogens is 2. The molecule has 1 aromatic heterocycles. The molecule has 0 unspecified atom stereocenters. The Morgan fingerprint density at radius 2 is 2.12 bits per heavy atom. The number of aryl methyl sites for hydroxylation is 1. The van der Waals surface area contributed by atoms with Gasteiger partial charge in [-0.15, -0.1) is 0 Å². The standard InChI is InChI=1S/C19H19N3O3S/c1-25-14-5-6-15-12(9-14)3-2-8-19(15,24)11-20-18(23)13-4-7-16-17(10-13)22-26-21-16/h4-7,9-10,24H,2-3,8,11H2,1H3,(H,20,23)/t19-/m0/s1. The van der Waals surface area contributed by atoms with Crippen LogP contribution >= 0.6 is 11.7 Å². The number of ether oxygens (including phenoxy) is 1. The molecule has 6 nitrogen and oxygen atoms in total. The fourth-order valence-corrected chi connectivity index (χ4v) is 4.02. The average Bonchev–Trinajstić information content (AvgIpc) is 3.14. The SMILES string of the molecule is COc1ccc2c(c1)CCC[C@]2(O)CNC(=O)c1ccc2nsnc2c1. The monoisotopic (exact) mass is 369 g/mol. The van der Waals surface area contributed by atoms with Crippen molar-refractivity contribution in [2.45, 2.75) is 24.9 Å². The summed E-state index contributed by atoms with van der Waals surface area (Å²) in [4.78, 5) is 12.5. The zero-order chi connectivity index (χ0) is 18.1. The molecule has 1 amide bonds. The second kappa shape index (κ2) is 6.66. The quantitative estimate of drug-likeness (QED) is 0.739. The molecule has 7 heteroatoms. The number of nitrogens with one attached hydrogen (secondary N) is 1. The average molecular weight is 369 g/mol. The van der Waals surface area contributed by atoms with E-state index in [2.05, 4.69) is 14.1 Å². The molecule has 0 fully saturated rings. The highest BCUT2D eigenvalue weighted by Gasteiger charge is 2.35. The van der Waals surface area contributed by atoms with Crippen LogP contribution in [-0.4, -0.2) is 33.4 Å². The molecular weight excluding hydrogens is 350 g/mol. The molecular formula is C19H19N3O3S. The highest BCUT2D eigenvalue weighted by Crippen LogP contribution is 2.36. The van der Waals surface area contributed by atoms with Gasteiger partial charge in [0.1, 0.15) is 22.4 Å². The summed E-state index contributed by atoms with van der Waals surface area (Å²) in [6.07, 6.45) is 2.38. The smallest absolute Gasteiger partial charge is 0.251 e. The summed E-state index contributed by atoms with van der Waals surface area (Å²) in [6, 6.07) is 10.9. The molecule has 26 heavy (non-hydrogen) atoms. The van der Waals surface area contributed by atoms with Crippen molar-refractivity contribution >= 4 is 28.7 Å². The zero-order valence-corrected chi connectivity index (χ0v) is 15.2. The number of hydrogen-bond donors (Lipinski definition) is 2. The third kappa shape index (κ3) is 3.04. The largest absolute Gasteiger partial charge is 0.497 e. The van der Waals surface area contributed by atoms with Crippen molar-refractivity contribution in [3.63, 3.8) is 0 Å². The van der Waals surface area contributed by atoms with Gasteiger partial charge in [-0.05, 0) is 60.7 Å². The fraction of sp³-hybridized carbons (Fsp3) is 0.316. The first-order valence-corrected chi connectivity index (χ1v) is 9.22. The number of methoxy groups -OCH3 is 1. The maximum absolute atomic E-state index is 12.5. The van der Waals surface area contributed by atoms with Gasteiger partial charge in [-0.3, -0.25) is 4.79 Å². The number of fused-ring (bicyclic) bond motifs is 2. The van der Waals surface area contributed by atoms with E-state index in [-0.39, 0.29) is 12.5 Å². The molecule has 3 aromatic rings. The van der Waals surface area contributed by atoms with Crippen LogP contribution in [0, 0.1) is 0 Å². The van der Waals surface area contributed by atoms with Crippen LogP contribution in [0.3, 0.4) is 0 Å². The van der Waals surface area contributed by atoms with Crippen LogP contribution in [0.5, 0.6) is 5.75 Å². The molecule has 2 N–H and O–H groups in total. The fourth-order valence-electron chi connectivity index (χ4n) is 3.50. The van der Waals surface area contributed by atoms with Crippen LogP contribution in [0.15, 0.2) is 36.4 Å². The van der Waals surface area contributed by atoms with E-state index in [0.29, 0.717) is 17.5 Å². The Morgan fingerprint density at radius 1 is 1.27 bits per heavy atom. The number of hydrogen-bond acceptors (Lipinski definition) is 6. The predicted octanol–water partition coefficient (Wildman–Crippen LogP) is 2.65. The molecule has 134 valence electrons. The maximum Gasteiger partial charge on any atom is 0.251 e. The number of amides is 1. The highest BCUT2D eigenvalue weighted by molar-refractivity contribution is 7.00. The van der Waals surface area contributed by atoms with Crippen LogP contribution in [-0.2, 0) is 12.0 Å². The van der Waals surface area contributed by atoms with Gasteiger partial charge in [-0.25, -0.2) is 0 Å². The highest BCUT2D eigenvalue weighted by atomic mass is 32.1. The topological polar surface area (TPSA) is 84.3 Å². The Labute approximate surface area is 155 Å². The minimum absolute atomic E-state index is 0.165. The summed E-state index contributed by atoms with van der Waals surface area (Å²) < 4.78 is 13.6. The van der Waals surface area contributed by atoms with Gasteiger partial charge < -0.3 is 15.2 Å². The first kappa shape index (κ1) is 16.9. The zero-order valence-electron chi connectivity index (χ0n) is 14.4. The number of rotatable bonds is 4. The van der Waals surface area contributed by atoms with Crippen molar-refractivity contribution < 1.29 is 14.6 Å². The molecule has 1 aliphatic rings. The predicted molar refractivity (Wildman–Crippen MR) is 99.6 cm³/mol. The van der Waals surface area contributed by atoms with Crippen molar-refractivity contribution in [2.24, 2.45) is 0 Å². The lowest BCUT2D eigenvalue weighted by molar-refractivity contribution is 0.0189. The summed E-state index contributed by atoms with van der Waals surface area (Å²) in [6.45, 7) is 0.165. The van der Waals surface area contributed by atoms with Crippen molar-refractivity contribution in [3.05, 3.63) is 53.1 Å². The third-order valence-corrected chi connectivity index (χ3v) is 5.46. The van der Waals surface area contributed by atoms with E-state index in [4.69, 9.17) is 4.74 Å². The number of carbonyl (C=O) groups excluding carboxylic acids is 1. The van der Waals surface area contributed by atoms with Gasteiger partial charge in [-0.2, -0.15) is 8.75 Å². The van der Waals surface area contributed by atoms with Crippen LogP contribution in [0.1, 0.15) is 34.3 Å². The van der Waals surface area contributed by atoms with Gasteiger partial charge in [0.2, 0.25) is 0 Å². The molecule has 0 bridgehead atoms. The molecule has 1 aliphatic carbocycles. The van der Waals surface area contributed by atoms with E-state index in [0.717, 1.165) is 47.0 Å². The Hall–Kier alpha value is -2.51. The Bertz CT molecular complexity index is 972. The van der Waals surface area contributed by atoms with Crippen molar-refractivity contribution in [1.29, 1.82) is 0 Å². The molecule has 4 rings (SSSR count). The van der Waals surface area contributed by atoms with E-state index < -0.39 is 5.60 Å². The van der Waals surface area contributed by atoms with Crippen LogP contribution in [0.25, 0.3) is 11.0 Å². The van der Waals surface area contributed by atoms with E-state index in [9.17, 15) is 9.90 Å². The van der Waals surface area contributed by atoms with E-state index in [1.165, 1.54) is 0 Å². The third-order valence-electron chi connectivity index (χ3n) is 4.91. The number of nitrogens with zero attached hydrogens (tertiary/aromatic N) is 2. The number of aliphatic hydroxyl groups is 1. The van der Waals surface area contributed by atoms with Crippen LogP contribution in [0.4, 0.5) is 0 Å². The number of carbonyl (C=O) groups is 1. The van der Waals surface area contributed by atoms with E-state index in [1.54, 1.807) is 25.3 Å². The van der Waals surface area contributed by atoms with Crippen molar-refractivity contribution in [2.75, 3.05) is 13.7 Å².